The second-order valence-electron chi connectivity index (χ2n) is 15.4. The largest absolute Gasteiger partial charge is 0.458 e. The number of fused-ring (bicyclic) bond motifs is 2. The Hall–Kier alpha value is -7.57. The molecule has 60 heavy (non-hydrogen) atoms. The monoisotopic (exact) mass is 788 g/mol. The molecule has 0 amide bonds. The fourth-order valence-electron chi connectivity index (χ4n) is 7.78. The highest BCUT2D eigenvalue weighted by Gasteiger charge is 2.26. The van der Waals surface area contributed by atoms with Crippen molar-refractivity contribution in [2.45, 2.75) is 33.1 Å². The molecule has 290 valence electrons. The Kier molecular flexibility index (Phi) is 6.79. The number of para-hydroxylation sites is 4. The van der Waals surface area contributed by atoms with E-state index in [-0.39, 0.29) is 33.4 Å². The standard InChI is InChI=1S/C54H44N5O/c1-38-58(42-22-12-7-13-23-42)50-31-30-45(36-51(50)59(38)52-34-41(32-33-55-52)54(2,3)4)60-44-25-16-24-43(35-44)56-37-57(49-29-15-14-28-48(49)56)53-46(39-18-8-5-9-19-39)26-17-27-47(53)40-20-10-6-11-21-40/h5-36H,1-4H3/q+1/i5D,6D,8D,9D,10D,11D,18D,19D,20D,21D. The average molecular weight is 789 g/mol. The van der Waals surface area contributed by atoms with Gasteiger partial charge in [-0.15, -0.1) is 4.98 Å². The second-order valence-corrected chi connectivity index (χ2v) is 15.4. The highest BCUT2D eigenvalue weighted by molar-refractivity contribution is 5.85. The summed E-state index contributed by atoms with van der Waals surface area (Å²) in [5.41, 5.74) is 5.95. The van der Waals surface area contributed by atoms with Gasteiger partial charge in [0.15, 0.2) is 5.52 Å². The highest BCUT2D eigenvalue weighted by Crippen LogP contribution is 2.35. The van der Waals surface area contributed by atoms with E-state index in [2.05, 4.69) is 61.4 Å². The fraction of sp³-hybridized carbons (Fsp3) is 0.0926. The molecular formula is C54H44N5O+. The Balaban J connectivity index is 1.15. The third-order valence-electron chi connectivity index (χ3n) is 10.6. The molecule has 7 aromatic carbocycles. The molecule has 0 aliphatic rings. The number of hydrogen-bond acceptors (Lipinski definition) is 2. The lowest BCUT2D eigenvalue weighted by atomic mass is 9.88. The molecule has 0 saturated carbocycles. The average Bonchev–Trinajstić information content (AvgIpc) is 3.88. The van der Waals surface area contributed by atoms with Crippen molar-refractivity contribution in [3.63, 3.8) is 0 Å². The lowest BCUT2D eigenvalue weighted by Gasteiger charge is -2.18. The Morgan fingerprint density at radius 3 is 1.98 bits per heavy atom. The van der Waals surface area contributed by atoms with E-state index >= 15 is 0 Å². The van der Waals surface area contributed by atoms with Crippen molar-refractivity contribution in [2.75, 3.05) is 0 Å². The first-order valence-corrected chi connectivity index (χ1v) is 19.6. The number of aromatic nitrogens is 5. The van der Waals surface area contributed by atoms with Crippen LogP contribution in [-0.2, 0) is 5.41 Å². The topological polar surface area (TPSA) is 39.7 Å². The van der Waals surface area contributed by atoms with Crippen LogP contribution in [-0.4, -0.2) is 14.1 Å². The van der Waals surface area contributed by atoms with Crippen molar-refractivity contribution >= 4 is 22.1 Å². The zero-order valence-corrected chi connectivity index (χ0v) is 33.3. The predicted molar refractivity (Wildman–Crippen MR) is 241 cm³/mol. The van der Waals surface area contributed by atoms with E-state index in [4.69, 9.17) is 23.4 Å². The van der Waals surface area contributed by atoms with Crippen LogP contribution >= 0.6 is 0 Å². The van der Waals surface area contributed by atoms with Crippen LogP contribution in [0.4, 0.5) is 0 Å². The van der Waals surface area contributed by atoms with Gasteiger partial charge >= 0.3 is 0 Å². The van der Waals surface area contributed by atoms with Crippen LogP contribution in [0.25, 0.3) is 67.2 Å². The lowest BCUT2D eigenvalue weighted by Crippen LogP contribution is -2.35. The summed E-state index contributed by atoms with van der Waals surface area (Å²) in [4.78, 5) is 4.85. The van der Waals surface area contributed by atoms with Crippen LogP contribution in [0.5, 0.6) is 11.5 Å². The number of hydrogen-bond donors (Lipinski definition) is 0. The van der Waals surface area contributed by atoms with E-state index in [1.165, 1.54) is 0 Å². The first-order valence-electron chi connectivity index (χ1n) is 24.6. The molecule has 10 rings (SSSR count). The van der Waals surface area contributed by atoms with E-state index in [1.54, 1.807) is 27.3 Å². The Labute approximate surface area is 364 Å². The normalized spacial score (nSPS) is 14.0. The molecule has 0 unspecified atom stereocenters. The van der Waals surface area contributed by atoms with Crippen LogP contribution in [0.1, 0.15) is 45.9 Å². The third-order valence-corrected chi connectivity index (χ3v) is 10.6. The molecule has 0 N–H and O–H groups in total. The van der Waals surface area contributed by atoms with Gasteiger partial charge in [0, 0.05) is 19.1 Å². The van der Waals surface area contributed by atoms with Gasteiger partial charge in [0.05, 0.1) is 36.1 Å². The SMILES string of the molecule is [2H]c1c([2H])c([2H])c(-c2cccc(-c3c([2H])c([2H])c([2H])c([2H])c3[2H])c2-[n+]2[c-]n(-c3cccc(Oc4ccc5c(c4)[n+](-c4cc(C(C)(C)C)ccn4)c(C)n5-c4ccccc4)c3)c3ccccc32)c([2H])c1[2H]. The van der Waals surface area contributed by atoms with Gasteiger partial charge in [-0.25, -0.2) is 4.57 Å². The maximum Gasteiger partial charge on any atom is 0.269 e. The highest BCUT2D eigenvalue weighted by atomic mass is 16.5. The second kappa shape index (κ2) is 15.0. The molecule has 0 spiro atoms. The van der Waals surface area contributed by atoms with Crippen molar-refractivity contribution < 1.29 is 27.6 Å². The summed E-state index contributed by atoms with van der Waals surface area (Å²) in [6.45, 7) is 8.60. The van der Waals surface area contributed by atoms with Crippen LogP contribution in [0, 0.1) is 13.3 Å². The van der Waals surface area contributed by atoms with Crippen molar-refractivity contribution in [3.05, 3.63) is 212 Å². The minimum absolute atomic E-state index is 0.106. The first kappa shape index (κ1) is 27.2. The summed E-state index contributed by atoms with van der Waals surface area (Å²) in [5, 5.41) is 0. The Morgan fingerprint density at radius 1 is 0.617 bits per heavy atom. The molecule has 0 saturated heterocycles. The summed E-state index contributed by atoms with van der Waals surface area (Å²) in [6, 6.07) is 34.7. The van der Waals surface area contributed by atoms with Crippen LogP contribution < -0.4 is 13.9 Å². The molecule has 6 heteroatoms. The van der Waals surface area contributed by atoms with Gasteiger partial charge in [0.2, 0.25) is 5.82 Å². The molecule has 0 bridgehead atoms. The zero-order valence-electron chi connectivity index (χ0n) is 43.3. The maximum atomic E-state index is 9.01. The van der Waals surface area contributed by atoms with Gasteiger partial charge in [-0.1, -0.05) is 148 Å². The Morgan fingerprint density at radius 2 is 1.27 bits per heavy atom. The number of ether oxygens (including phenoxy) is 1. The predicted octanol–water partition coefficient (Wildman–Crippen LogP) is 12.1. The van der Waals surface area contributed by atoms with E-state index < -0.39 is 60.4 Å². The summed E-state index contributed by atoms with van der Waals surface area (Å²) >= 11 is 0. The molecule has 0 aliphatic heterocycles. The molecule has 3 aromatic heterocycles. The summed E-state index contributed by atoms with van der Waals surface area (Å²) < 4.78 is 101. The van der Waals surface area contributed by atoms with Crippen molar-refractivity contribution in [3.8, 4) is 56.6 Å². The third kappa shape index (κ3) is 6.62. The number of nitrogens with zero attached hydrogens (tertiary/aromatic N) is 5. The van der Waals surface area contributed by atoms with Gasteiger partial charge in [-0.2, -0.15) is 4.57 Å². The van der Waals surface area contributed by atoms with Gasteiger partial charge in [0.1, 0.15) is 28.9 Å². The van der Waals surface area contributed by atoms with Crippen molar-refractivity contribution in [1.82, 2.24) is 14.1 Å². The van der Waals surface area contributed by atoms with Crippen LogP contribution in [0.2, 0.25) is 0 Å². The summed E-state index contributed by atoms with van der Waals surface area (Å²) in [5.74, 6) is 2.80. The number of pyridine rings is 1. The van der Waals surface area contributed by atoms with Gasteiger partial charge in [-0.05, 0) is 81.8 Å². The molecule has 6 nitrogen and oxygen atoms in total. The van der Waals surface area contributed by atoms with E-state index in [1.807, 2.05) is 97.2 Å². The van der Waals surface area contributed by atoms with Crippen molar-refractivity contribution in [2.24, 2.45) is 0 Å². The first-order chi connectivity index (χ1) is 33.5. The van der Waals surface area contributed by atoms with E-state index in [0.717, 1.165) is 33.9 Å². The molecule has 0 radical (unpaired) electrons. The maximum absolute atomic E-state index is 9.01. The van der Waals surface area contributed by atoms with Gasteiger partial charge in [0.25, 0.3) is 12.1 Å². The molecule has 0 fully saturated rings. The van der Waals surface area contributed by atoms with Gasteiger partial charge < -0.3 is 4.74 Å². The number of benzene rings is 7. The molecular weight excluding hydrogens is 735 g/mol. The lowest BCUT2D eigenvalue weighted by molar-refractivity contribution is -0.579. The smallest absolute Gasteiger partial charge is 0.269 e. The fourth-order valence-corrected chi connectivity index (χ4v) is 7.78. The summed E-state index contributed by atoms with van der Waals surface area (Å²) in [6.07, 6.45) is 5.28. The van der Waals surface area contributed by atoms with Gasteiger partial charge in [-0.3, -0.25) is 9.13 Å². The number of imidazole rings is 2. The summed E-state index contributed by atoms with van der Waals surface area (Å²) in [7, 11) is 0. The molecule has 0 atom stereocenters. The molecule has 0 aliphatic carbocycles. The zero-order chi connectivity index (χ0) is 49.5. The van der Waals surface area contributed by atoms with Crippen LogP contribution in [0.15, 0.2) is 194 Å². The van der Waals surface area contributed by atoms with E-state index in [0.29, 0.717) is 28.2 Å². The number of rotatable bonds is 8. The molecule has 10 aromatic rings. The molecule has 3 heterocycles. The van der Waals surface area contributed by atoms with E-state index in [9.17, 15) is 0 Å². The minimum Gasteiger partial charge on any atom is -0.458 e. The van der Waals surface area contributed by atoms with Crippen LogP contribution in [0.3, 0.4) is 0 Å². The Bertz CT molecular complexity index is 3620. The quantitative estimate of drug-likeness (QED) is 0.114. The minimum atomic E-state index is -0.567. The van der Waals surface area contributed by atoms with Crippen molar-refractivity contribution in [1.29, 1.82) is 0 Å².